The maximum absolute atomic E-state index is 11.1. The molecule has 0 bridgehead atoms. The minimum atomic E-state index is -0.741. The second-order valence-electron chi connectivity index (χ2n) is 4.86. The number of rotatable bonds is 3. The molecule has 2 aromatic rings. The highest BCUT2D eigenvalue weighted by Gasteiger charge is 2.26. The van der Waals surface area contributed by atoms with Crippen molar-refractivity contribution < 1.29 is 14.3 Å². The van der Waals surface area contributed by atoms with Gasteiger partial charge in [-0.3, -0.25) is 4.79 Å². The third-order valence-corrected chi connectivity index (χ3v) is 3.52. The third kappa shape index (κ3) is 2.49. The van der Waals surface area contributed by atoms with Crippen molar-refractivity contribution in [3.63, 3.8) is 0 Å². The van der Waals surface area contributed by atoms with Gasteiger partial charge in [-0.05, 0) is 25.0 Å². The highest BCUT2D eigenvalue weighted by atomic mass is 16.4. The molecule has 1 N–H and O–H groups in total. The van der Waals surface area contributed by atoms with E-state index in [1.54, 1.807) is 12.3 Å². The summed E-state index contributed by atoms with van der Waals surface area (Å²) in [7, 11) is 0. The number of furan rings is 1. The second-order valence-corrected chi connectivity index (χ2v) is 4.86. The highest BCUT2D eigenvalue weighted by molar-refractivity contribution is 5.71. The molecule has 0 aliphatic carbocycles. The van der Waals surface area contributed by atoms with Gasteiger partial charge in [0.15, 0.2) is 5.76 Å². The Morgan fingerprint density at radius 3 is 3.10 bits per heavy atom. The summed E-state index contributed by atoms with van der Waals surface area (Å²) < 4.78 is 5.32. The van der Waals surface area contributed by atoms with Crippen LogP contribution in [0.15, 0.2) is 35.2 Å². The highest BCUT2D eigenvalue weighted by Crippen LogP contribution is 2.25. The van der Waals surface area contributed by atoms with Crippen molar-refractivity contribution in [2.45, 2.75) is 12.8 Å². The van der Waals surface area contributed by atoms with Gasteiger partial charge in [0.05, 0.1) is 12.2 Å². The molecule has 1 saturated heterocycles. The zero-order valence-electron chi connectivity index (χ0n) is 10.9. The normalized spacial score (nSPS) is 19.0. The molecule has 0 spiro atoms. The summed E-state index contributed by atoms with van der Waals surface area (Å²) >= 11 is 0. The Kier molecular flexibility index (Phi) is 3.37. The van der Waals surface area contributed by atoms with Crippen LogP contribution in [0, 0.1) is 5.92 Å². The van der Waals surface area contributed by atoms with Crippen LogP contribution in [0.2, 0.25) is 0 Å². The summed E-state index contributed by atoms with van der Waals surface area (Å²) in [5.74, 6) is 0.360. The molecule has 1 aliphatic heterocycles. The van der Waals surface area contributed by atoms with Gasteiger partial charge in [-0.15, -0.1) is 0 Å². The number of nitrogens with zero attached hydrogens (tertiary/aromatic N) is 3. The number of hydrogen-bond acceptors (Lipinski definition) is 5. The van der Waals surface area contributed by atoms with Crippen LogP contribution in [0.1, 0.15) is 12.8 Å². The number of aromatic nitrogens is 2. The Morgan fingerprint density at radius 1 is 1.45 bits per heavy atom. The number of anilines is 1. The van der Waals surface area contributed by atoms with E-state index in [0.29, 0.717) is 18.0 Å². The summed E-state index contributed by atoms with van der Waals surface area (Å²) in [6.45, 7) is 1.31. The first-order valence-corrected chi connectivity index (χ1v) is 6.58. The lowest BCUT2D eigenvalue weighted by molar-refractivity contribution is -0.141. The molecule has 1 unspecified atom stereocenters. The largest absolute Gasteiger partial charge is 0.481 e. The molecule has 3 rings (SSSR count). The van der Waals surface area contributed by atoms with Crippen LogP contribution in [-0.4, -0.2) is 34.1 Å². The van der Waals surface area contributed by atoms with Crippen LogP contribution in [0.25, 0.3) is 11.5 Å². The molecule has 0 radical (unpaired) electrons. The Labute approximate surface area is 116 Å². The fourth-order valence-corrected chi connectivity index (χ4v) is 2.47. The molecule has 20 heavy (non-hydrogen) atoms. The summed E-state index contributed by atoms with van der Waals surface area (Å²) in [6.07, 6.45) is 4.66. The van der Waals surface area contributed by atoms with E-state index >= 15 is 0 Å². The number of carbonyl (C=O) groups is 1. The van der Waals surface area contributed by atoms with Crippen molar-refractivity contribution in [3.8, 4) is 11.5 Å². The van der Waals surface area contributed by atoms with Crippen molar-refractivity contribution in [1.82, 2.24) is 9.97 Å². The molecule has 6 heteroatoms. The molecule has 0 amide bonds. The third-order valence-electron chi connectivity index (χ3n) is 3.52. The van der Waals surface area contributed by atoms with Gasteiger partial charge < -0.3 is 14.4 Å². The Hall–Kier alpha value is -2.37. The van der Waals surface area contributed by atoms with Crippen LogP contribution >= 0.6 is 0 Å². The summed E-state index contributed by atoms with van der Waals surface area (Å²) in [6, 6.07) is 5.48. The van der Waals surface area contributed by atoms with E-state index < -0.39 is 5.97 Å². The van der Waals surface area contributed by atoms with Crippen molar-refractivity contribution >= 4 is 11.8 Å². The van der Waals surface area contributed by atoms with Crippen molar-refractivity contribution in [1.29, 1.82) is 0 Å². The molecule has 6 nitrogen and oxygen atoms in total. The quantitative estimate of drug-likeness (QED) is 0.921. The van der Waals surface area contributed by atoms with E-state index in [9.17, 15) is 4.79 Å². The van der Waals surface area contributed by atoms with Gasteiger partial charge in [0.2, 0.25) is 0 Å². The number of aliphatic carboxylic acids is 1. The molecule has 0 aromatic carbocycles. The topological polar surface area (TPSA) is 79.5 Å². The van der Waals surface area contributed by atoms with Crippen LogP contribution < -0.4 is 4.90 Å². The van der Waals surface area contributed by atoms with E-state index in [1.165, 1.54) is 6.33 Å². The van der Waals surface area contributed by atoms with E-state index in [2.05, 4.69) is 9.97 Å². The van der Waals surface area contributed by atoms with E-state index in [4.69, 9.17) is 9.52 Å². The number of piperidine rings is 1. The first-order valence-electron chi connectivity index (χ1n) is 6.58. The van der Waals surface area contributed by atoms with Crippen molar-refractivity contribution in [2.24, 2.45) is 5.92 Å². The lowest BCUT2D eigenvalue weighted by atomic mass is 9.98. The zero-order chi connectivity index (χ0) is 13.9. The van der Waals surface area contributed by atoms with Gasteiger partial charge >= 0.3 is 5.97 Å². The van der Waals surface area contributed by atoms with E-state index in [1.807, 2.05) is 17.0 Å². The minimum Gasteiger partial charge on any atom is -0.481 e. The lowest BCUT2D eigenvalue weighted by Gasteiger charge is -2.31. The fourth-order valence-electron chi connectivity index (χ4n) is 2.47. The molecular formula is C14H15N3O3. The molecular weight excluding hydrogens is 258 g/mol. The van der Waals surface area contributed by atoms with Crippen LogP contribution in [-0.2, 0) is 4.79 Å². The first-order chi connectivity index (χ1) is 9.74. The molecule has 1 aliphatic rings. The summed E-state index contributed by atoms with van der Waals surface area (Å²) in [4.78, 5) is 21.5. The monoisotopic (exact) mass is 273 g/mol. The zero-order valence-corrected chi connectivity index (χ0v) is 10.9. The number of carboxylic acids is 1. The van der Waals surface area contributed by atoms with Crippen molar-refractivity contribution in [2.75, 3.05) is 18.0 Å². The molecule has 104 valence electrons. The maximum Gasteiger partial charge on any atom is 0.308 e. The fraction of sp³-hybridized carbons (Fsp3) is 0.357. The Bertz CT molecular complexity index is 597. The van der Waals surface area contributed by atoms with Gasteiger partial charge in [0, 0.05) is 19.2 Å². The SMILES string of the molecule is O=C(O)C1CCCN(c2cc(-c3ccco3)ncn2)C1. The minimum absolute atomic E-state index is 0.328. The van der Waals surface area contributed by atoms with Gasteiger partial charge in [-0.1, -0.05) is 0 Å². The molecule has 0 saturated carbocycles. The smallest absolute Gasteiger partial charge is 0.308 e. The summed E-state index contributed by atoms with van der Waals surface area (Å²) in [5, 5.41) is 9.13. The predicted molar refractivity (Wildman–Crippen MR) is 72.3 cm³/mol. The standard InChI is InChI=1S/C14H15N3O3/c18-14(19)10-3-1-5-17(8-10)13-7-11(15-9-16-13)12-4-2-6-20-12/h2,4,6-7,9-10H,1,3,5,8H2,(H,18,19). The summed E-state index contributed by atoms with van der Waals surface area (Å²) in [5.41, 5.74) is 0.706. The Balaban J connectivity index is 1.83. The molecule has 3 heterocycles. The first kappa shape index (κ1) is 12.7. The lowest BCUT2D eigenvalue weighted by Crippen LogP contribution is -2.39. The van der Waals surface area contributed by atoms with Gasteiger partial charge in [-0.25, -0.2) is 9.97 Å². The molecule has 1 fully saturated rings. The molecule has 2 aromatic heterocycles. The van der Waals surface area contributed by atoms with Gasteiger partial charge in [-0.2, -0.15) is 0 Å². The van der Waals surface area contributed by atoms with Crippen LogP contribution in [0.5, 0.6) is 0 Å². The van der Waals surface area contributed by atoms with E-state index in [0.717, 1.165) is 25.2 Å². The second kappa shape index (κ2) is 5.32. The van der Waals surface area contributed by atoms with E-state index in [-0.39, 0.29) is 5.92 Å². The number of hydrogen-bond donors (Lipinski definition) is 1. The van der Waals surface area contributed by atoms with Gasteiger partial charge in [0.1, 0.15) is 17.8 Å². The average molecular weight is 273 g/mol. The average Bonchev–Trinajstić information content (AvgIpc) is 3.02. The van der Waals surface area contributed by atoms with Crippen molar-refractivity contribution in [3.05, 3.63) is 30.8 Å². The molecule has 1 atom stereocenters. The number of carboxylic acid groups (broad SMARTS) is 1. The van der Waals surface area contributed by atoms with Crippen LogP contribution in [0.3, 0.4) is 0 Å². The van der Waals surface area contributed by atoms with Gasteiger partial charge in [0.25, 0.3) is 0 Å². The Morgan fingerprint density at radius 2 is 2.35 bits per heavy atom. The predicted octanol–water partition coefficient (Wildman–Crippen LogP) is 2.04. The van der Waals surface area contributed by atoms with Crippen LogP contribution in [0.4, 0.5) is 5.82 Å². The maximum atomic E-state index is 11.1.